The van der Waals surface area contributed by atoms with E-state index in [1.807, 2.05) is 41.2 Å². The zero-order valence-corrected chi connectivity index (χ0v) is 17.7. The van der Waals surface area contributed by atoms with Crippen LogP contribution < -0.4 is 5.32 Å². The van der Waals surface area contributed by atoms with Crippen LogP contribution in [0.25, 0.3) is 5.69 Å². The highest BCUT2D eigenvalue weighted by atomic mass is 32.2. The summed E-state index contributed by atoms with van der Waals surface area (Å²) in [6, 6.07) is 9.88. The molecule has 6 nitrogen and oxygen atoms in total. The Morgan fingerprint density at radius 1 is 1.21 bits per heavy atom. The van der Waals surface area contributed by atoms with Crippen molar-refractivity contribution < 1.29 is 9.53 Å². The molecule has 28 heavy (non-hydrogen) atoms. The molecular formula is C21H30N4O2S. The van der Waals surface area contributed by atoms with Gasteiger partial charge in [-0.15, -0.1) is 0 Å². The standard InChI is InChI=1S/C21H30N4O2S/c1-16-14-24(15-17(2)27-16)12-8-7-11-22-20(26)19-13-23-21(28-3)25(19)18-9-5-4-6-10-18/h4-6,9-10,13,16-17H,7-8,11-12,14-15H2,1-3H3,(H,22,26). The van der Waals surface area contributed by atoms with Crippen LogP contribution in [0, 0.1) is 0 Å². The molecule has 1 aliphatic rings. The quantitative estimate of drug-likeness (QED) is 0.543. The maximum Gasteiger partial charge on any atom is 0.269 e. The number of amides is 1. The van der Waals surface area contributed by atoms with Crippen LogP contribution in [0.5, 0.6) is 0 Å². The molecule has 0 spiro atoms. The normalized spacial score (nSPS) is 20.2. The molecular weight excluding hydrogens is 372 g/mol. The minimum Gasteiger partial charge on any atom is -0.373 e. The summed E-state index contributed by atoms with van der Waals surface area (Å²) >= 11 is 1.53. The lowest BCUT2D eigenvalue weighted by Gasteiger charge is -2.35. The zero-order chi connectivity index (χ0) is 19.9. The molecule has 152 valence electrons. The lowest BCUT2D eigenvalue weighted by atomic mass is 10.2. The Bertz CT molecular complexity index is 755. The van der Waals surface area contributed by atoms with Gasteiger partial charge < -0.3 is 10.1 Å². The van der Waals surface area contributed by atoms with E-state index in [0.29, 0.717) is 24.4 Å². The highest BCUT2D eigenvalue weighted by molar-refractivity contribution is 7.98. The number of carbonyl (C=O) groups is 1. The van der Waals surface area contributed by atoms with Crippen molar-refractivity contribution in [1.29, 1.82) is 0 Å². The largest absolute Gasteiger partial charge is 0.373 e. The predicted molar refractivity (Wildman–Crippen MR) is 113 cm³/mol. The maximum atomic E-state index is 12.7. The number of ether oxygens (including phenoxy) is 1. The molecule has 2 heterocycles. The van der Waals surface area contributed by atoms with Gasteiger partial charge in [0, 0.05) is 25.3 Å². The molecule has 2 atom stereocenters. The van der Waals surface area contributed by atoms with E-state index in [0.717, 1.165) is 43.3 Å². The third-order valence-corrected chi connectivity index (χ3v) is 5.49. The number of nitrogens with zero attached hydrogens (tertiary/aromatic N) is 3. The van der Waals surface area contributed by atoms with Gasteiger partial charge in [-0.1, -0.05) is 30.0 Å². The van der Waals surface area contributed by atoms with Crippen LogP contribution in [-0.4, -0.2) is 65.0 Å². The van der Waals surface area contributed by atoms with Gasteiger partial charge in [0.1, 0.15) is 5.69 Å². The summed E-state index contributed by atoms with van der Waals surface area (Å²) in [5.41, 5.74) is 1.52. The van der Waals surface area contributed by atoms with Crippen molar-refractivity contribution >= 4 is 17.7 Å². The maximum absolute atomic E-state index is 12.7. The van der Waals surface area contributed by atoms with Crippen molar-refractivity contribution in [2.24, 2.45) is 0 Å². The predicted octanol–water partition coefficient (Wildman–Crippen LogP) is 3.21. The zero-order valence-electron chi connectivity index (χ0n) is 16.9. The third-order valence-electron chi connectivity index (χ3n) is 4.84. The fraction of sp³-hybridized carbons (Fsp3) is 0.524. The first-order valence-electron chi connectivity index (χ1n) is 9.91. The van der Waals surface area contributed by atoms with Gasteiger partial charge in [-0.2, -0.15) is 0 Å². The Kier molecular flexibility index (Phi) is 7.53. The summed E-state index contributed by atoms with van der Waals surface area (Å²) in [6.45, 7) is 7.95. The molecule has 1 saturated heterocycles. The van der Waals surface area contributed by atoms with E-state index in [9.17, 15) is 4.79 Å². The summed E-state index contributed by atoms with van der Waals surface area (Å²) in [7, 11) is 0. The molecule has 3 rings (SSSR count). The van der Waals surface area contributed by atoms with Crippen LogP contribution in [0.1, 0.15) is 37.2 Å². The van der Waals surface area contributed by atoms with Crippen molar-refractivity contribution in [3.8, 4) is 5.69 Å². The van der Waals surface area contributed by atoms with Crippen LogP contribution in [0.3, 0.4) is 0 Å². The van der Waals surface area contributed by atoms with E-state index in [2.05, 4.69) is 29.0 Å². The van der Waals surface area contributed by atoms with Crippen molar-refractivity contribution in [3.63, 3.8) is 0 Å². The number of unbranched alkanes of at least 4 members (excludes halogenated alkanes) is 1. The number of imidazole rings is 1. The van der Waals surface area contributed by atoms with E-state index in [1.165, 1.54) is 11.8 Å². The summed E-state index contributed by atoms with van der Waals surface area (Å²) in [6.07, 6.45) is 6.25. The molecule has 2 aromatic rings. The highest BCUT2D eigenvalue weighted by Gasteiger charge is 2.21. The van der Waals surface area contributed by atoms with E-state index >= 15 is 0 Å². The number of hydrogen-bond donors (Lipinski definition) is 1. The molecule has 1 aliphatic heterocycles. The van der Waals surface area contributed by atoms with Gasteiger partial charge in [-0.25, -0.2) is 4.98 Å². The molecule has 0 aliphatic carbocycles. The highest BCUT2D eigenvalue weighted by Crippen LogP contribution is 2.21. The van der Waals surface area contributed by atoms with E-state index < -0.39 is 0 Å². The number of benzene rings is 1. The van der Waals surface area contributed by atoms with E-state index in [1.54, 1.807) is 6.20 Å². The Balaban J connectivity index is 1.50. The number of aromatic nitrogens is 2. The molecule has 2 unspecified atom stereocenters. The smallest absolute Gasteiger partial charge is 0.269 e. The number of hydrogen-bond acceptors (Lipinski definition) is 5. The van der Waals surface area contributed by atoms with Gasteiger partial charge in [0.15, 0.2) is 5.16 Å². The Morgan fingerprint density at radius 2 is 1.93 bits per heavy atom. The lowest BCUT2D eigenvalue weighted by Crippen LogP contribution is -2.45. The molecule has 0 radical (unpaired) electrons. The summed E-state index contributed by atoms with van der Waals surface area (Å²) < 4.78 is 7.69. The Labute approximate surface area is 171 Å². The first kappa shape index (κ1) is 20.9. The number of carbonyl (C=O) groups excluding carboxylic acids is 1. The second kappa shape index (κ2) is 10.1. The van der Waals surface area contributed by atoms with Crippen LogP contribution in [0.4, 0.5) is 0 Å². The monoisotopic (exact) mass is 402 g/mol. The molecule has 1 fully saturated rings. The van der Waals surface area contributed by atoms with Gasteiger partial charge in [0.05, 0.1) is 18.4 Å². The number of thioether (sulfide) groups is 1. The summed E-state index contributed by atoms with van der Waals surface area (Å²) in [5.74, 6) is -0.0785. The summed E-state index contributed by atoms with van der Waals surface area (Å²) in [4.78, 5) is 19.6. The molecule has 7 heteroatoms. The molecule has 1 amide bonds. The fourth-order valence-electron chi connectivity index (χ4n) is 3.69. The van der Waals surface area contributed by atoms with Gasteiger partial charge in [0.25, 0.3) is 5.91 Å². The fourth-order valence-corrected chi connectivity index (χ4v) is 4.23. The molecule has 1 aromatic carbocycles. The second-order valence-electron chi connectivity index (χ2n) is 7.28. The first-order chi connectivity index (χ1) is 13.6. The van der Waals surface area contributed by atoms with E-state index in [4.69, 9.17) is 4.74 Å². The third kappa shape index (κ3) is 5.37. The molecule has 1 N–H and O–H groups in total. The van der Waals surface area contributed by atoms with Gasteiger partial charge in [-0.05, 0) is 51.6 Å². The number of nitrogens with one attached hydrogen (secondary N) is 1. The van der Waals surface area contributed by atoms with E-state index in [-0.39, 0.29) is 5.91 Å². The number of morpholine rings is 1. The Hall–Kier alpha value is -1.83. The first-order valence-corrected chi connectivity index (χ1v) is 11.1. The molecule has 1 aromatic heterocycles. The van der Waals surface area contributed by atoms with Crippen molar-refractivity contribution in [3.05, 3.63) is 42.2 Å². The van der Waals surface area contributed by atoms with Crippen molar-refractivity contribution in [2.75, 3.05) is 32.4 Å². The number of rotatable bonds is 8. The number of para-hydroxylation sites is 1. The SMILES string of the molecule is CSc1ncc(C(=O)NCCCCN2CC(C)OC(C)C2)n1-c1ccccc1. The average molecular weight is 403 g/mol. The van der Waals surface area contributed by atoms with Gasteiger partial charge in [-0.3, -0.25) is 14.3 Å². The van der Waals surface area contributed by atoms with Crippen LogP contribution >= 0.6 is 11.8 Å². The topological polar surface area (TPSA) is 59.4 Å². The average Bonchev–Trinajstić information content (AvgIpc) is 3.12. The van der Waals surface area contributed by atoms with Gasteiger partial charge >= 0.3 is 0 Å². The van der Waals surface area contributed by atoms with Crippen LogP contribution in [0.15, 0.2) is 41.7 Å². The second-order valence-corrected chi connectivity index (χ2v) is 8.05. The molecule has 0 saturated carbocycles. The lowest BCUT2D eigenvalue weighted by molar-refractivity contribution is -0.0681. The Morgan fingerprint density at radius 3 is 2.61 bits per heavy atom. The van der Waals surface area contributed by atoms with Crippen LogP contribution in [0.2, 0.25) is 0 Å². The van der Waals surface area contributed by atoms with Crippen molar-refractivity contribution in [1.82, 2.24) is 19.8 Å². The van der Waals surface area contributed by atoms with Crippen LogP contribution in [-0.2, 0) is 4.74 Å². The van der Waals surface area contributed by atoms with Crippen molar-refractivity contribution in [2.45, 2.75) is 44.1 Å². The summed E-state index contributed by atoms with van der Waals surface area (Å²) in [5, 5.41) is 3.86. The molecule has 0 bridgehead atoms. The minimum atomic E-state index is -0.0785. The van der Waals surface area contributed by atoms with Gasteiger partial charge in [0.2, 0.25) is 0 Å². The minimum absolute atomic E-state index is 0.0785.